The Kier molecular flexibility index (Phi) is 7.29. The predicted molar refractivity (Wildman–Crippen MR) is 111 cm³/mol. The first-order chi connectivity index (χ1) is 14.1. The van der Waals surface area contributed by atoms with Crippen LogP contribution in [0.25, 0.3) is 0 Å². The minimum Gasteiger partial charge on any atom is -0.484 e. The molecule has 0 atom stereocenters. The molecule has 154 valence electrons. The van der Waals surface area contributed by atoms with E-state index in [0.717, 1.165) is 32.0 Å². The van der Waals surface area contributed by atoms with Crippen molar-refractivity contribution in [3.63, 3.8) is 0 Å². The van der Waals surface area contributed by atoms with E-state index >= 15 is 0 Å². The topological polar surface area (TPSA) is 89.1 Å². The van der Waals surface area contributed by atoms with E-state index in [4.69, 9.17) is 14.2 Å². The van der Waals surface area contributed by atoms with Gasteiger partial charge in [-0.25, -0.2) is 4.79 Å². The molecule has 2 aromatic carbocycles. The van der Waals surface area contributed by atoms with E-state index in [-0.39, 0.29) is 19.1 Å². The van der Waals surface area contributed by atoms with Crippen LogP contribution in [0.2, 0.25) is 0 Å². The minimum atomic E-state index is -0.539. The summed E-state index contributed by atoms with van der Waals surface area (Å²) in [4.78, 5) is 25.9. The van der Waals surface area contributed by atoms with Crippen molar-refractivity contribution in [3.8, 4) is 5.75 Å². The van der Waals surface area contributed by atoms with Crippen molar-refractivity contribution in [3.05, 3.63) is 48.5 Å². The normalized spacial score (nSPS) is 13.5. The van der Waals surface area contributed by atoms with Crippen molar-refractivity contribution in [2.45, 2.75) is 6.92 Å². The Labute approximate surface area is 169 Å². The molecule has 0 spiro atoms. The molecule has 0 saturated carbocycles. The van der Waals surface area contributed by atoms with Crippen molar-refractivity contribution in [2.24, 2.45) is 0 Å². The fourth-order valence-corrected chi connectivity index (χ4v) is 2.87. The molecule has 2 N–H and O–H groups in total. The molecule has 1 aliphatic heterocycles. The number of rotatable bonds is 7. The predicted octanol–water partition coefficient (Wildman–Crippen LogP) is 3.11. The van der Waals surface area contributed by atoms with Crippen LogP contribution in [0.1, 0.15) is 6.92 Å². The number of carbonyl (C=O) groups is 2. The van der Waals surface area contributed by atoms with E-state index < -0.39 is 6.09 Å². The van der Waals surface area contributed by atoms with E-state index in [0.29, 0.717) is 17.1 Å². The number of ether oxygens (including phenoxy) is 3. The van der Waals surface area contributed by atoms with Gasteiger partial charge in [0.1, 0.15) is 5.75 Å². The molecular formula is C21H25N3O5. The van der Waals surface area contributed by atoms with Crippen molar-refractivity contribution < 1.29 is 23.8 Å². The number of carbonyl (C=O) groups excluding carboxylic acids is 2. The smallest absolute Gasteiger partial charge is 0.411 e. The Morgan fingerprint density at radius 2 is 1.79 bits per heavy atom. The first-order valence-corrected chi connectivity index (χ1v) is 9.53. The summed E-state index contributed by atoms with van der Waals surface area (Å²) in [6.45, 7) is 5.06. The molecule has 8 heteroatoms. The van der Waals surface area contributed by atoms with Gasteiger partial charge in [-0.05, 0) is 43.3 Å². The third kappa shape index (κ3) is 6.39. The quantitative estimate of drug-likeness (QED) is 0.744. The second kappa shape index (κ2) is 10.3. The Hall–Kier alpha value is -3.26. The number of amides is 2. The third-order valence-corrected chi connectivity index (χ3v) is 4.25. The van der Waals surface area contributed by atoms with Crippen LogP contribution in [0.4, 0.5) is 21.9 Å². The van der Waals surface area contributed by atoms with Gasteiger partial charge >= 0.3 is 6.09 Å². The lowest BCUT2D eigenvalue weighted by atomic mass is 10.2. The van der Waals surface area contributed by atoms with Gasteiger partial charge in [0.05, 0.1) is 19.8 Å². The Balaban J connectivity index is 1.47. The zero-order valence-corrected chi connectivity index (χ0v) is 16.3. The summed E-state index contributed by atoms with van der Waals surface area (Å²) in [5.74, 6) is 0.199. The van der Waals surface area contributed by atoms with Gasteiger partial charge in [-0.3, -0.25) is 10.1 Å². The number of benzene rings is 2. The van der Waals surface area contributed by atoms with Crippen LogP contribution in [-0.2, 0) is 14.3 Å². The summed E-state index contributed by atoms with van der Waals surface area (Å²) in [7, 11) is 0. The second-order valence-electron chi connectivity index (χ2n) is 6.36. The number of hydrogen-bond donors (Lipinski definition) is 2. The van der Waals surface area contributed by atoms with Gasteiger partial charge in [0.25, 0.3) is 5.91 Å². The molecule has 29 heavy (non-hydrogen) atoms. The lowest BCUT2D eigenvalue weighted by Gasteiger charge is -2.28. The number of morpholine rings is 1. The van der Waals surface area contributed by atoms with Gasteiger partial charge in [0.2, 0.25) is 0 Å². The summed E-state index contributed by atoms with van der Waals surface area (Å²) < 4.78 is 15.7. The van der Waals surface area contributed by atoms with Crippen LogP contribution in [0, 0.1) is 0 Å². The first-order valence-electron chi connectivity index (χ1n) is 9.53. The van der Waals surface area contributed by atoms with Crippen LogP contribution in [0.3, 0.4) is 0 Å². The average Bonchev–Trinajstić information content (AvgIpc) is 2.74. The van der Waals surface area contributed by atoms with Crippen LogP contribution < -0.4 is 20.3 Å². The summed E-state index contributed by atoms with van der Waals surface area (Å²) >= 11 is 0. The van der Waals surface area contributed by atoms with Crippen molar-refractivity contribution in [1.29, 1.82) is 0 Å². The molecule has 0 radical (unpaired) electrons. The highest BCUT2D eigenvalue weighted by Crippen LogP contribution is 2.20. The van der Waals surface area contributed by atoms with Crippen LogP contribution in [-0.4, -0.2) is 51.5 Å². The molecule has 0 bridgehead atoms. The Bertz CT molecular complexity index is 819. The molecule has 2 amide bonds. The molecule has 0 aromatic heterocycles. The van der Waals surface area contributed by atoms with E-state index in [1.54, 1.807) is 31.2 Å². The van der Waals surface area contributed by atoms with Gasteiger partial charge in [0.15, 0.2) is 6.61 Å². The molecule has 1 saturated heterocycles. The number of hydrogen-bond acceptors (Lipinski definition) is 6. The summed E-state index contributed by atoms with van der Waals surface area (Å²) in [5, 5.41) is 5.40. The van der Waals surface area contributed by atoms with Gasteiger partial charge in [-0.15, -0.1) is 0 Å². The summed E-state index contributed by atoms with van der Waals surface area (Å²) in [5.41, 5.74) is 2.34. The maximum atomic E-state index is 12.2. The minimum absolute atomic E-state index is 0.145. The molecule has 1 aliphatic rings. The van der Waals surface area contributed by atoms with Crippen molar-refractivity contribution in [1.82, 2.24) is 0 Å². The van der Waals surface area contributed by atoms with Crippen molar-refractivity contribution in [2.75, 3.05) is 55.1 Å². The summed E-state index contributed by atoms with van der Waals surface area (Å²) in [6.07, 6.45) is -0.539. The zero-order chi connectivity index (χ0) is 20.5. The van der Waals surface area contributed by atoms with E-state index in [9.17, 15) is 9.59 Å². The van der Waals surface area contributed by atoms with E-state index in [2.05, 4.69) is 15.5 Å². The highest BCUT2D eigenvalue weighted by molar-refractivity contribution is 5.92. The molecule has 0 unspecified atom stereocenters. The number of anilines is 3. The largest absolute Gasteiger partial charge is 0.484 e. The first kappa shape index (κ1) is 20.5. The molecule has 2 aromatic rings. The van der Waals surface area contributed by atoms with Crippen LogP contribution in [0.15, 0.2) is 48.5 Å². The number of nitrogens with zero attached hydrogens (tertiary/aromatic N) is 1. The highest BCUT2D eigenvalue weighted by atomic mass is 16.5. The fourth-order valence-electron chi connectivity index (χ4n) is 2.87. The molecule has 3 rings (SSSR count). The standard InChI is InChI=1S/C21H25N3O5/c1-2-28-21(26)23-17-4-3-5-19(14-17)29-15-20(25)22-16-6-8-18(9-7-16)24-10-12-27-13-11-24/h3-9,14H,2,10-13,15H2,1H3,(H,22,25)(H,23,26). The highest BCUT2D eigenvalue weighted by Gasteiger charge is 2.11. The lowest BCUT2D eigenvalue weighted by molar-refractivity contribution is -0.118. The number of nitrogens with one attached hydrogen (secondary N) is 2. The van der Waals surface area contributed by atoms with Crippen molar-refractivity contribution >= 4 is 29.1 Å². The maximum absolute atomic E-state index is 12.2. The monoisotopic (exact) mass is 399 g/mol. The Morgan fingerprint density at radius 3 is 2.52 bits per heavy atom. The maximum Gasteiger partial charge on any atom is 0.411 e. The Morgan fingerprint density at radius 1 is 1.03 bits per heavy atom. The van der Waals surface area contributed by atoms with E-state index in [1.165, 1.54) is 0 Å². The molecule has 8 nitrogen and oxygen atoms in total. The molecule has 0 aliphatic carbocycles. The van der Waals surface area contributed by atoms with Gasteiger partial charge in [-0.1, -0.05) is 6.07 Å². The van der Waals surface area contributed by atoms with Crippen LogP contribution >= 0.6 is 0 Å². The zero-order valence-electron chi connectivity index (χ0n) is 16.3. The fraction of sp³-hybridized carbons (Fsp3) is 0.333. The van der Waals surface area contributed by atoms with E-state index in [1.807, 2.05) is 24.3 Å². The molecular weight excluding hydrogens is 374 g/mol. The third-order valence-electron chi connectivity index (χ3n) is 4.25. The molecule has 1 heterocycles. The van der Waals surface area contributed by atoms with Gasteiger partial charge in [0, 0.05) is 36.2 Å². The lowest BCUT2D eigenvalue weighted by Crippen LogP contribution is -2.36. The van der Waals surface area contributed by atoms with Gasteiger partial charge < -0.3 is 24.4 Å². The second-order valence-corrected chi connectivity index (χ2v) is 6.36. The SMILES string of the molecule is CCOC(=O)Nc1cccc(OCC(=O)Nc2ccc(N3CCOCC3)cc2)c1. The van der Waals surface area contributed by atoms with Crippen LogP contribution in [0.5, 0.6) is 5.75 Å². The average molecular weight is 399 g/mol. The molecule has 1 fully saturated rings. The van der Waals surface area contributed by atoms with Gasteiger partial charge in [-0.2, -0.15) is 0 Å². The summed E-state index contributed by atoms with van der Waals surface area (Å²) in [6, 6.07) is 14.5.